The van der Waals surface area contributed by atoms with Gasteiger partial charge in [0.15, 0.2) is 0 Å². The molecule has 2 heterocycles. The number of allylic oxidation sites excluding steroid dienone is 14. The van der Waals surface area contributed by atoms with Crippen molar-refractivity contribution < 1.29 is 4.68 Å². The molecule has 34 heavy (non-hydrogen) atoms. The lowest BCUT2D eigenvalue weighted by Gasteiger charge is -2.23. The van der Waals surface area contributed by atoms with E-state index in [-0.39, 0.29) is 0 Å². The van der Waals surface area contributed by atoms with Gasteiger partial charge in [-0.2, -0.15) is 5.43 Å². The van der Waals surface area contributed by atoms with Crippen molar-refractivity contribution in [1.29, 1.82) is 5.41 Å². The molecule has 2 N–H and O–H groups in total. The summed E-state index contributed by atoms with van der Waals surface area (Å²) >= 11 is 0. The molecular weight excluding hydrogens is 414 g/mol. The highest BCUT2D eigenvalue weighted by atomic mass is 15.4. The number of fused-ring (bicyclic) bond motifs is 1. The third-order valence-corrected chi connectivity index (χ3v) is 6.23. The Morgan fingerprint density at radius 3 is 2.56 bits per heavy atom. The van der Waals surface area contributed by atoms with E-state index in [4.69, 9.17) is 5.41 Å². The van der Waals surface area contributed by atoms with Gasteiger partial charge in [0, 0.05) is 18.7 Å². The van der Waals surface area contributed by atoms with Gasteiger partial charge in [-0.1, -0.05) is 81.8 Å². The summed E-state index contributed by atoms with van der Waals surface area (Å²) in [6, 6.07) is 0. The molecule has 0 amide bonds. The van der Waals surface area contributed by atoms with Crippen LogP contribution in [0.3, 0.4) is 0 Å². The first-order valence-electron chi connectivity index (χ1n) is 12.4. The largest absolute Gasteiger partial charge is 0.308 e. The van der Waals surface area contributed by atoms with E-state index in [9.17, 15) is 0 Å². The molecule has 0 aromatic rings. The summed E-state index contributed by atoms with van der Waals surface area (Å²) in [6.45, 7) is 21.2. The van der Waals surface area contributed by atoms with Crippen molar-refractivity contribution in [3.63, 3.8) is 0 Å². The predicted octanol–water partition coefficient (Wildman–Crippen LogP) is 8.06. The smallest absolute Gasteiger partial charge is 0.217 e. The zero-order valence-corrected chi connectivity index (χ0v) is 22.0. The summed E-state index contributed by atoms with van der Waals surface area (Å²) in [5.41, 5.74) is 13.1. The van der Waals surface area contributed by atoms with Crippen LogP contribution in [0.4, 0.5) is 0 Å². The fourth-order valence-corrected chi connectivity index (χ4v) is 4.29. The average molecular weight is 457 g/mol. The second kappa shape index (κ2) is 12.9. The quantitative estimate of drug-likeness (QED) is 0.195. The Labute approximate surface area is 207 Å². The van der Waals surface area contributed by atoms with E-state index in [1.54, 1.807) is 0 Å². The Morgan fingerprint density at radius 2 is 1.94 bits per heavy atom. The average Bonchev–Trinajstić information content (AvgIpc) is 2.81. The highest BCUT2D eigenvalue weighted by Gasteiger charge is 2.29. The fraction of sp³-hybridized carbons (Fsp3) is 0.355. The third-order valence-electron chi connectivity index (χ3n) is 6.23. The summed E-state index contributed by atoms with van der Waals surface area (Å²) < 4.78 is 2.06. The second-order valence-electron chi connectivity index (χ2n) is 9.15. The number of nitrogens with zero attached hydrogens (tertiary/aromatic N) is 1. The number of hydrogen-bond donors (Lipinski definition) is 2. The SMILES string of the molecule is C=CC(/C=C1/N[N+]2=CC(=CC=C(C)C(C(=C)C=N)=C2C)C1=CC(C)CCC)=C(C)\C=C/CCC. The fourth-order valence-electron chi connectivity index (χ4n) is 4.29. The molecule has 180 valence electrons. The molecule has 0 aromatic carbocycles. The summed E-state index contributed by atoms with van der Waals surface area (Å²) in [5.74, 6) is 0.466. The van der Waals surface area contributed by atoms with Crippen molar-refractivity contribution >= 4 is 12.4 Å². The maximum absolute atomic E-state index is 7.76. The van der Waals surface area contributed by atoms with Crippen LogP contribution in [0.25, 0.3) is 0 Å². The molecule has 2 bridgehead atoms. The molecule has 1 unspecified atom stereocenters. The highest BCUT2D eigenvalue weighted by molar-refractivity contribution is 5.88. The maximum Gasteiger partial charge on any atom is 0.217 e. The molecule has 0 radical (unpaired) electrons. The van der Waals surface area contributed by atoms with E-state index >= 15 is 0 Å². The molecule has 0 spiro atoms. The zero-order valence-electron chi connectivity index (χ0n) is 22.0. The molecule has 3 nitrogen and oxygen atoms in total. The van der Waals surface area contributed by atoms with Crippen LogP contribution in [0.15, 0.2) is 106 Å². The molecule has 0 fully saturated rings. The summed E-state index contributed by atoms with van der Waals surface area (Å²) in [7, 11) is 0. The van der Waals surface area contributed by atoms with Crippen LogP contribution in [0.1, 0.15) is 67.2 Å². The molecule has 1 atom stereocenters. The summed E-state index contributed by atoms with van der Waals surface area (Å²) in [6.07, 6.45) is 23.2. The third kappa shape index (κ3) is 6.66. The van der Waals surface area contributed by atoms with Gasteiger partial charge in [-0.15, -0.1) is 0 Å². The topological polar surface area (TPSA) is 38.9 Å². The van der Waals surface area contributed by atoms with Gasteiger partial charge in [0.05, 0.1) is 11.1 Å². The van der Waals surface area contributed by atoms with Crippen molar-refractivity contribution in [2.45, 2.75) is 67.2 Å². The number of unbranched alkanes of at least 4 members (excludes halogenated alkanes) is 1. The monoisotopic (exact) mass is 456 g/mol. The molecule has 0 aliphatic carbocycles. The van der Waals surface area contributed by atoms with Crippen LogP contribution in [-0.4, -0.2) is 17.1 Å². The van der Waals surface area contributed by atoms with Crippen LogP contribution >= 0.6 is 0 Å². The minimum absolute atomic E-state index is 0.466. The Bertz CT molecular complexity index is 1080. The van der Waals surface area contributed by atoms with Crippen molar-refractivity contribution in [3.8, 4) is 0 Å². The Hall–Kier alpha value is -3.20. The number of nitrogens with one attached hydrogen (secondary N) is 2. The van der Waals surface area contributed by atoms with Crippen LogP contribution in [-0.2, 0) is 0 Å². The molecule has 0 saturated heterocycles. The molecule has 0 saturated carbocycles. The molecule has 3 heteroatoms. The van der Waals surface area contributed by atoms with E-state index in [0.717, 1.165) is 59.4 Å². The number of hydrazine groups is 1. The van der Waals surface area contributed by atoms with Crippen LogP contribution < -0.4 is 5.43 Å². The summed E-state index contributed by atoms with van der Waals surface area (Å²) in [5, 5.41) is 7.76. The Morgan fingerprint density at radius 1 is 1.21 bits per heavy atom. The van der Waals surface area contributed by atoms with E-state index in [2.05, 4.69) is 107 Å². The van der Waals surface area contributed by atoms with Gasteiger partial charge >= 0.3 is 0 Å². The standard InChI is InChI=1S/C31H42N3/c1-9-12-13-15-23(5)27(11-3)19-30-29(18-22(4)14-10-2)28-17-16-24(6)31(25(7)20-32)26(8)34(21-28)33-30/h11,13,15-22,32-33H,3,7,9-10,12,14H2,1-2,4-6,8H3/q+1/b15-13-,17-16?,24-16?,27-23+,28-17?,29-18?,30-19+,31-24?,31-26?,32-20?,34-26?. The van der Waals surface area contributed by atoms with Crippen molar-refractivity contribution in [2.24, 2.45) is 5.92 Å². The lowest BCUT2D eigenvalue weighted by Crippen LogP contribution is -2.35. The normalized spacial score (nSPS) is 20.1. The van der Waals surface area contributed by atoms with E-state index in [0.29, 0.717) is 11.5 Å². The lowest BCUT2D eigenvalue weighted by atomic mass is 9.91. The van der Waals surface area contributed by atoms with Crippen molar-refractivity contribution in [1.82, 2.24) is 5.43 Å². The van der Waals surface area contributed by atoms with Crippen LogP contribution in [0, 0.1) is 11.3 Å². The minimum atomic E-state index is 0.466. The number of hydrazone groups is 1. The van der Waals surface area contributed by atoms with Crippen LogP contribution in [0.2, 0.25) is 0 Å². The van der Waals surface area contributed by atoms with Gasteiger partial charge in [0.1, 0.15) is 5.70 Å². The van der Waals surface area contributed by atoms with Gasteiger partial charge in [0.25, 0.3) is 0 Å². The first-order valence-corrected chi connectivity index (χ1v) is 12.4. The van der Waals surface area contributed by atoms with Crippen molar-refractivity contribution in [3.05, 3.63) is 106 Å². The lowest BCUT2D eigenvalue weighted by molar-refractivity contribution is -0.528. The Balaban J connectivity index is 2.74. The molecule has 2 rings (SSSR count). The van der Waals surface area contributed by atoms with E-state index in [1.807, 2.05) is 6.08 Å². The number of hydrogen-bond acceptors (Lipinski definition) is 2. The summed E-state index contributed by atoms with van der Waals surface area (Å²) in [4.78, 5) is 0. The van der Waals surface area contributed by atoms with Gasteiger partial charge in [-0.3, -0.25) is 0 Å². The first kappa shape index (κ1) is 27.0. The first-order chi connectivity index (χ1) is 16.3. The minimum Gasteiger partial charge on any atom is -0.308 e. The molecule has 2 aliphatic heterocycles. The Kier molecular flexibility index (Phi) is 10.2. The van der Waals surface area contributed by atoms with Crippen LogP contribution in [0.5, 0.6) is 0 Å². The van der Waals surface area contributed by atoms with Gasteiger partial charge in [-0.25, -0.2) is 0 Å². The van der Waals surface area contributed by atoms with E-state index < -0.39 is 0 Å². The second-order valence-corrected chi connectivity index (χ2v) is 9.15. The van der Waals surface area contributed by atoms with Crippen molar-refractivity contribution in [2.75, 3.05) is 0 Å². The zero-order chi connectivity index (χ0) is 25.3. The van der Waals surface area contributed by atoms with Gasteiger partial charge < -0.3 is 5.41 Å². The number of rotatable bonds is 10. The maximum atomic E-state index is 7.76. The highest BCUT2D eigenvalue weighted by Crippen LogP contribution is 2.30. The predicted molar refractivity (Wildman–Crippen MR) is 149 cm³/mol. The molecular formula is C31H42N3+. The van der Waals surface area contributed by atoms with Gasteiger partial charge in [0.2, 0.25) is 11.9 Å². The molecule has 2 aliphatic rings. The van der Waals surface area contributed by atoms with E-state index in [1.165, 1.54) is 17.4 Å². The molecule has 0 aromatic heterocycles. The van der Waals surface area contributed by atoms with Gasteiger partial charge in [-0.05, 0) is 67.1 Å².